The third-order valence-electron chi connectivity index (χ3n) is 3.40. The Morgan fingerprint density at radius 2 is 1.25 bits per heavy atom. The van der Waals surface area contributed by atoms with Gasteiger partial charge in [0.15, 0.2) is 0 Å². The molecule has 0 aliphatic heterocycles. The highest BCUT2D eigenvalue weighted by atomic mass is 16.5. The SMILES string of the molecule is COC(=O)/C=C/CCCCCCCCCCCCC=O. The topological polar surface area (TPSA) is 43.4 Å². The Bertz CT molecular complexity index is 259. The first-order chi connectivity index (χ1) is 9.81. The predicted molar refractivity (Wildman–Crippen MR) is 82.6 cm³/mol. The van der Waals surface area contributed by atoms with E-state index in [-0.39, 0.29) is 5.97 Å². The van der Waals surface area contributed by atoms with Gasteiger partial charge in [-0.25, -0.2) is 4.79 Å². The monoisotopic (exact) mass is 282 g/mol. The van der Waals surface area contributed by atoms with Crippen molar-refractivity contribution in [2.45, 2.75) is 77.0 Å². The van der Waals surface area contributed by atoms with Crippen molar-refractivity contribution in [3.63, 3.8) is 0 Å². The molecule has 0 N–H and O–H groups in total. The van der Waals surface area contributed by atoms with E-state index < -0.39 is 0 Å². The molecule has 0 aliphatic carbocycles. The van der Waals surface area contributed by atoms with Crippen LogP contribution in [-0.2, 0) is 14.3 Å². The summed E-state index contributed by atoms with van der Waals surface area (Å²) in [5.41, 5.74) is 0. The minimum atomic E-state index is -0.266. The third-order valence-corrected chi connectivity index (χ3v) is 3.40. The summed E-state index contributed by atoms with van der Waals surface area (Å²) in [6.45, 7) is 0. The van der Waals surface area contributed by atoms with Crippen molar-refractivity contribution in [3.05, 3.63) is 12.2 Å². The van der Waals surface area contributed by atoms with E-state index >= 15 is 0 Å². The van der Waals surface area contributed by atoms with Gasteiger partial charge < -0.3 is 9.53 Å². The zero-order valence-corrected chi connectivity index (χ0v) is 12.9. The molecule has 0 aliphatic rings. The van der Waals surface area contributed by atoms with Gasteiger partial charge in [0, 0.05) is 12.5 Å². The Hall–Kier alpha value is -1.12. The second-order valence-electron chi connectivity index (χ2n) is 5.21. The van der Waals surface area contributed by atoms with Crippen molar-refractivity contribution < 1.29 is 14.3 Å². The molecule has 0 atom stereocenters. The van der Waals surface area contributed by atoms with Gasteiger partial charge in [-0.3, -0.25) is 0 Å². The summed E-state index contributed by atoms with van der Waals surface area (Å²) in [6, 6.07) is 0. The van der Waals surface area contributed by atoms with E-state index in [4.69, 9.17) is 0 Å². The first-order valence-electron chi connectivity index (χ1n) is 7.99. The van der Waals surface area contributed by atoms with Crippen molar-refractivity contribution in [1.29, 1.82) is 0 Å². The maximum Gasteiger partial charge on any atom is 0.330 e. The van der Waals surface area contributed by atoms with Crippen LogP contribution < -0.4 is 0 Å². The summed E-state index contributed by atoms with van der Waals surface area (Å²) < 4.78 is 4.52. The van der Waals surface area contributed by atoms with Crippen LogP contribution in [0.3, 0.4) is 0 Å². The molecular formula is C17H30O3. The number of ether oxygens (including phenoxy) is 1. The highest BCUT2D eigenvalue weighted by molar-refractivity contribution is 5.81. The summed E-state index contributed by atoms with van der Waals surface area (Å²) in [4.78, 5) is 20.9. The number of esters is 1. The smallest absolute Gasteiger partial charge is 0.330 e. The van der Waals surface area contributed by atoms with Gasteiger partial charge >= 0.3 is 5.97 Å². The second kappa shape index (κ2) is 15.9. The molecule has 0 saturated carbocycles. The molecule has 20 heavy (non-hydrogen) atoms. The molecule has 0 unspecified atom stereocenters. The van der Waals surface area contributed by atoms with E-state index in [1.54, 1.807) is 0 Å². The van der Waals surface area contributed by atoms with Gasteiger partial charge in [-0.1, -0.05) is 57.4 Å². The fraction of sp³-hybridized carbons (Fsp3) is 0.765. The number of carbonyl (C=O) groups excluding carboxylic acids is 2. The zero-order valence-electron chi connectivity index (χ0n) is 12.9. The Labute approximate surface area is 123 Å². The molecule has 3 nitrogen and oxygen atoms in total. The number of methoxy groups -OCH3 is 1. The molecule has 0 fully saturated rings. The maximum absolute atomic E-state index is 10.8. The van der Waals surface area contributed by atoms with E-state index in [0.717, 1.165) is 32.0 Å². The van der Waals surface area contributed by atoms with Crippen molar-refractivity contribution in [3.8, 4) is 0 Å². The maximum atomic E-state index is 10.8. The van der Waals surface area contributed by atoms with Crippen molar-refractivity contribution in [1.82, 2.24) is 0 Å². The van der Waals surface area contributed by atoms with Crippen molar-refractivity contribution >= 4 is 12.3 Å². The lowest BCUT2D eigenvalue weighted by atomic mass is 10.1. The highest BCUT2D eigenvalue weighted by Gasteiger charge is 1.93. The molecule has 0 amide bonds. The number of allylic oxidation sites excluding steroid dienone is 1. The van der Waals surface area contributed by atoms with Crippen LogP contribution in [0.4, 0.5) is 0 Å². The van der Waals surface area contributed by atoms with Crippen LogP contribution in [0.15, 0.2) is 12.2 Å². The van der Waals surface area contributed by atoms with Gasteiger partial charge in [-0.2, -0.15) is 0 Å². The summed E-state index contributed by atoms with van der Waals surface area (Å²) in [5, 5.41) is 0. The molecule has 116 valence electrons. The van der Waals surface area contributed by atoms with Crippen LogP contribution in [0.1, 0.15) is 77.0 Å². The lowest BCUT2D eigenvalue weighted by molar-refractivity contribution is -0.134. The van der Waals surface area contributed by atoms with Gasteiger partial charge in [0.05, 0.1) is 7.11 Å². The number of aldehydes is 1. The largest absolute Gasteiger partial charge is 0.466 e. The van der Waals surface area contributed by atoms with E-state index in [0.29, 0.717) is 0 Å². The van der Waals surface area contributed by atoms with E-state index in [2.05, 4.69) is 4.74 Å². The number of hydrogen-bond acceptors (Lipinski definition) is 3. The number of carbonyl (C=O) groups is 2. The zero-order chi connectivity index (χ0) is 14.9. The minimum Gasteiger partial charge on any atom is -0.466 e. The summed E-state index contributed by atoms with van der Waals surface area (Å²) in [7, 11) is 1.40. The van der Waals surface area contributed by atoms with Gasteiger partial charge in [-0.15, -0.1) is 0 Å². The molecule has 3 heteroatoms. The predicted octanol–water partition coefficient (Wildman–Crippen LogP) is 4.60. The molecular weight excluding hydrogens is 252 g/mol. The molecule has 0 bridgehead atoms. The Morgan fingerprint density at radius 3 is 1.70 bits per heavy atom. The van der Waals surface area contributed by atoms with Crippen LogP contribution in [-0.4, -0.2) is 19.4 Å². The van der Waals surface area contributed by atoms with E-state index in [9.17, 15) is 9.59 Å². The standard InChI is InChI=1S/C17H30O3/c1-20-17(19)15-13-11-9-7-5-3-2-4-6-8-10-12-14-16-18/h13,15-16H,2-12,14H2,1H3/b15-13+. The van der Waals surface area contributed by atoms with Crippen molar-refractivity contribution in [2.24, 2.45) is 0 Å². The summed E-state index contributed by atoms with van der Waals surface area (Å²) in [5.74, 6) is -0.266. The fourth-order valence-electron chi connectivity index (χ4n) is 2.15. The normalized spacial score (nSPS) is 10.8. The molecule has 0 radical (unpaired) electrons. The second-order valence-corrected chi connectivity index (χ2v) is 5.21. The molecule has 0 aromatic heterocycles. The van der Waals surface area contributed by atoms with Gasteiger partial charge in [-0.05, 0) is 19.3 Å². The Kier molecular flexibility index (Phi) is 15.0. The van der Waals surface area contributed by atoms with Crippen LogP contribution >= 0.6 is 0 Å². The average Bonchev–Trinajstić information content (AvgIpc) is 2.47. The lowest BCUT2D eigenvalue weighted by Gasteiger charge is -2.01. The average molecular weight is 282 g/mol. The van der Waals surface area contributed by atoms with Gasteiger partial charge in [0.25, 0.3) is 0 Å². The Morgan fingerprint density at radius 1 is 0.800 bits per heavy atom. The number of rotatable bonds is 14. The molecule has 0 saturated heterocycles. The third kappa shape index (κ3) is 14.9. The quantitative estimate of drug-likeness (QED) is 0.202. The Balaban J connectivity index is 3.08. The molecule has 0 heterocycles. The molecule has 0 aromatic rings. The van der Waals surface area contributed by atoms with Gasteiger partial charge in [0.2, 0.25) is 0 Å². The molecule has 0 spiro atoms. The van der Waals surface area contributed by atoms with E-state index in [1.165, 1.54) is 64.6 Å². The number of unbranched alkanes of at least 4 members (excludes halogenated alkanes) is 11. The summed E-state index contributed by atoms with van der Waals surface area (Å²) >= 11 is 0. The van der Waals surface area contributed by atoms with Crippen LogP contribution in [0.25, 0.3) is 0 Å². The fourth-order valence-corrected chi connectivity index (χ4v) is 2.15. The first-order valence-corrected chi connectivity index (χ1v) is 7.99. The van der Waals surface area contributed by atoms with E-state index in [1.807, 2.05) is 6.08 Å². The highest BCUT2D eigenvalue weighted by Crippen LogP contribution is 2.11. The summed E-state index contributed by atoms with van der Waals surface area (Å²) in [6.07, 6.45) is 18.6. The van der Waals surface area contributed by atoms with Crippen LogP contribution in [0, 0.1) is 0 Å². The van der Waals surface area contributed by atoms with Gasteiger partial charge in [0.1, 0.15) is 6.29 Å². The lowest BCUT2D eigenvalue weighted by Crippen LogP contribution is -1.93. The molecule has 0 aromatic carbocycles. The molecule has 0 rings (SSSR count). The number of hydrogen-bond donors (Lipinski definition) is 0. The van der Waals surface area contributed by atoms with Crippen LogP contribution in [0.2, 0.25) is 0 Å². The minimum absolute atomic E-state index is 0.266. The first kappa shape index (κ1) is 18.9. The van der Waals surface area contributed by atoms with Crippen LogP contribution in [0.5, 0.6) is 0 Å². The van der Waals surface area contributed by atoms with Crippen molar-refractivity contribution in [2.75, 3.05) is 7.11 Å².